The minimum Gasteiger partial charge on any atom is -0.372 e. The van der Waals surface area contributed by atoms with Crippen LogP contribution in [0.5, 0.6) is 0 Å². The summed E-state index contributed by atoms with van der Waals surface area (Å²) in [7, 11) is 0. The molecule has 4 nitrogen and oxygen atoms in total. The lowest BCUT2D eigenvalue weighted by atomic mass is 10.1. The van der Waals surface area contributed by atoms with Crippen LogP contribution in [0.1, 0.15) is 30.9 Å². The van der Waals surface area contributed by atoms with Gasteiger partial charge in [0, 0.05) is 11.9 Å². The number of nitrogens with zero attached hydrogens (tertiary/aromatic N) is 2. The van der Waals surface area contributed by atoms with Crippen LogP contribution in [0.4, 0.5) is 13.2 Å². The molecule has 1 heterocycles. The van der Waals surface area contributed by atoms with E-state index in [1.54, 1.807) is 6.92 Å². The standard InChI is InChI=1S/C9H11F3N2.CH3NO/c1-3-6-5-13-8(9(10,11)12)14-7(6)4-2;2-1-3/h5H,3-4H2,1-2H3;1H,(H2,2,3). The molecular weight excluding hydrogens is 235 g/mol. The van der Waals surface area contributed by atoms with Gasteiger partial charge in [-0.25, -0.2) is 9.97 Å². The summed E-state index contributed by atoms with van der Waals surface area (Å²) in [6.07, 6.45) is -1.79. The highest BCUT2D eigenvalue weighted by atomic mass is 19.4. The molecule has 0 fully saturated rings. The lowest BCUT2D eigenvalue weighted by Crippen LogP contribution is -2.13. The molecule has 1 rings (SSSR count). The maximum Gasteiger partial charge on any atom is 0.451 e. The molecule has 0 unspecified atom stereocenters. The number of hydrogen-bond donors (Lipinski definition) is 1. The average molecular weight is 249 g/mol. The summed E-state index contributed by atoms with van der Waals surface area (Å²) in [5.74, 6) is -1.05. The van der Waals surface area contributed by atoms with Crippen molar-refractivity contribution in [2.75, 3.05) is 0 Å². The highest BCUT2D eigenvalue weighted by Gasteiger charge is 2.34. The lowest BCUT2D eigenvalue weighted by molar-refractivity contribution is -0.145. The lowest BCUT2D eigenvalue weighted by Gasteiger charge is -2.08. The van der Waals surface area contributed by atoms with Crippen LogP contribution >= 0.6 is 0 Å². The Hall–Kier alpha value is -1.66. The van der Waals surface area contributed by atoms with Crippen LogP contribution in [-0.4, -0.2) is 16.4 Å². The van der Waals surface area contributed by atoms with Crippen LogP contribution in [0.2, 0.25) is 0 Å². The summed E-state index contributed by atoms with van der Waals surface area (Å²) in [5, 5.41) is 0. The summed E-state index contributed by atoms with van der Waals surface area (Å²) in [6, 6.07) is 0. The first-order valence-corrected chi connectivity index (χ1v) is 4.97. The first-order chi connectivity index (χ1) is 7.90. The van der Waals surface area contributed by atoms with Gasteiger partial charge in [0.05, 0.1) is 0 Å². The molecule has 17 heavy (non-hydrogen) atoms. The van der Waals surface area contributed by atoms with Gasteiger partial charge < -0.3 is 5.73 Å². The van der Waals surface area contributed by atoms with Crippen LogP contribution in [0, 0.1) is 0 Å². The second kappa shape index (κ2) is 6.82. The number of nitrogens with two attached hydrogens (primary N) is 1. The monoisotopic (exact) mass is 249 g/mol. The van der Waals surface area contributed by atoms with E-state index in [0.29, 0.717) is 18.5 Å². The Labute approximate surface area is 97.1 Å². The van der Waals surface area contributed by atoms with Gasteiger partial charge in [-0.15, -0.1) is 0 Å². The van der Waals surface area contributed by atoms with Crippen molar-refractivity contribution in [3.63, 3.8) is 0 Å². The van der Waals surface area contributed by atoms with Crippen LogP contribution in [0.15, 0.2) is 6.20 Å². The smallest absolute Gasteiger partial charge is 0.372 e. The Morgan fingerprint density at radius 2 is 1.88 bits per heavy atom. The summed E-state index contributed by atoms with van der Waals surface area (Å²) in [5.41, 5.74) is 5.43. The fourth-order valence-corrected chi connectivity index (χ4v) is 1.18. The Morgan fingerprint density at radius 3 is 2.24 bits per heavy atom. The molecule has 7 heteroatoms. The highest BCUT2D eigenvalue weighted by Crippen LogP contribution is 2.26. The fourth-order valence-electron chi connectivity index (χ4n) is 1.18. The largest absolute Gasteiger partial charge is 0.451 e. The van der Waals surface area contributed by atoms with Crippen molar-refractivity contribution in [2.24, 2.45) is 5.73 Å². The molecule has 0 aliphatic carbocycles. The third-order valence-corrected chi connectivity index (χ3v) is 1.92. The highest BCUT2D eigenvalue weighted by molar-refractivity contribution is 5.42. The Balaban J connectivity index is 0.000000770. The van der Waals surface area contributed by atoms with E-state index in [1.165, 1.54) is 6.20 Å². The van der Waals surface area contributed by atoms with Gasteiger partial charge in [0.1, 0.15) is 0 Å². The predicted molar refractivity (Wildman–Crippen MR) is 56.0 cm³/mol. The zero-order chi connectivity index (χ0) is 13.5. The second-order valence-electron chi connectivity index (χ2n) is 3.01. The van der Waals surface area contributed by atoms with Crippen LogP contribution in [0.3, 0.4) is 0 Å². The number of aryl methyl sites for hydroxylation is 2. The zero-order valence-electron chi connectivity index (χ0n) is 9.58. The first-order valence-electron chi connectivity index (χ1n) is 4.97. The molecule has 0 saturated carbocycles. The molecule has 0 aliphatic heterocycles. The SMILES string of the molecule is CCc1cnc(C(F)(F)F)nc1CC.NC=O. The molecule has 0 bridgehead atoms. The minimum absolute atomic E-state index is 0.250. The van der Waals surface area contributed by atoms with Gasteiger partial charge in [-0.3, -0.25) is 4.79 Å². The zero-order valence-corrected chi connectivity index (χ0v) is 9.58. The van der Waals surface area contributed by atoms with Crippen LogP contribution < -0.4 is 5.73 Å². The molecule has 0 saturated heterocycles. The van der Waals surface area contributed by atoms with Crippen molar-refractivity contribution in [1.29, 1.82) is 0 Å². The molecule has 0 spiro atoms. The molecule has 0 atom stereocenters. The predicted octanol–water partition coefficient (Wildman–Crippen LogP) is 1.72. The molecule has 1 aromatic heterocycles. The van der Waals surface area contributed by atoms with Crippen molar-refractivity contribution in [3.8, 4) is 0 Å². The van der Waals surface area contributed by atoms with Gasteiger partial charge in [-0.05, 0) is 18.4 Å². The van der Waals surface area contributed by atoms with Crippen LogP contribution in [0.25, 0.3) is 0 Å². The molecular formula is C10H14F3N3O. The number of hydrogen-bond acceptors (Lipinski definition) is 3. The molecule has 2 N–H and O–H groups in total. The van der Waals surface area contributed by atoms with E-state index < -0.39 is 12.0 Å². The molecule has 0 radical (unpaired) electrons. The molecule has 1 aromatic rings. The summed E-state index contributed by atoms with van der Waals surface area (Å²) < 4.78 is 36.6. The normalized spacial score (nSPS) is 10.4. The van der Waals surface area contributed by atoms with Gasteiger partial charge in [0.2, 0.25) is 12.2 Å². The maximum absolute atomic E-state index is 12.2. The minimum atomic E-state index is -4.45. The number of carbonyl (C=O) groups excluding carboxylic acids is 1. The van der Waals surface area contributed by atoms with Crippen molar-refractivity contribution >= 4 is 6.41 Å². The Kier molecular flexibility index (Phi) is 6.16. The van der Waals surface area contributed by atoms with E-state index in [1.807, 2.05) is 6.92 Å². The van der Waals surface area contributed by atoms with E-state index in [-0.39, 0.29) is 6.41 Å². The Morgan fingerprint density at radius 1 is 1.35 bits per heavy atom. The molecule has 0 aromatic carbocycles. The van der Waals surface area contributed by atoms with E-state index in [4.69, 9.17) is 4.79 Å². The second-order valence-corrected chi connectivity index (χ2v) is 3.01. The quantitative estimate of drug-likeness (QED) is 0.811. The molecule has 96 valence electrons. The summed E-state index contributed by atoms with van der Waals surface area (Å²) in [6.45, 7) is 3.65. The fraction of sp³-hybridized carbons (Fsp3) is 0.500. The van der Waals surface area contributed by atoms with Gasteiger partial charge in [0.15, 0.2) is 0 Å². The van der Waals surface area contributed by atoms with Gasteiger partial charge >= 0.3 is 6.18 Å². The number of alkyl halides is 3. The van der Waals surface area contributed by atoms with E-state index in [2.05, 4.69) is 15.7 Å². The van der Waals surface area contributed by atoms with Crippen molar-refractivity contribution in [1.82, 2.24) is 9.97 Å². The summed E-state index contributed by atoms with van der Waals surface area (Å²) >= 11 is 0. The first kappa shape index (κ1) is 15.3. The van der Waals surface area contributed by atoms with E-state index in [9.17, 15) is 13.2 Å². The third kappa shape index (κ3) is 4.80. The van der Waals surface area contributed by atoms with E-state index >= 15 is 0 Å². The van der Waals surface area contributed by atoms with Gasteiger partial charge in [-0.1, -0.05) is 13.8 Å². The van der Waals surface area contributed by atoms with Gasteiger partial charge in [-0.2, -0.15) is 13.2 Å². The molecule has 0 aliphatic rings. The molecule has 1 amide bonds. The number of amides is 1. The number of rotatable bonds is 2. The number of primary amides is 1. The number of aromatic nitrogens is 2. The van der Waals surface area contributed by atoms with Crippen molar-refractivity contribution in [3.05, 3.63) is 23.3 Å². The third-order valence-electron chi connectivity index (χ3n) is 1.92. The summed E-state index contributed by atoms with van der Waals surface area (Å²) in [4.78, 5) is 15.4. The van der Waals surface area contributed by atoms with Crippen molar-refractivity contribution < 1.29 is 18.0 Å². The average Bonchev–Trinajstić information content (AvgIpc) is 2.28. The Bertz CT molecular complexity index is 366. The number of halogens is 3. The van der Waals surface area contributed by atoms with Gasteiger partial charge in [0.25, 0.3) is 0 Å². The van der Waals surface area contributed by atoms with Crippen molar-refractivity contribution in [2.45, 2.75) is 32.9 Å². The van der Waals surface area contributed by atoms with E-state index in [0.717, 1.165) is 5.56 Å². The number of carbonyl (C=O) groups is 1. The van der Waals surface area contributed by atoms with Crippen LogP contribution in [-0.2, 0) is 23.8 Å². The maximum atomic E-state index is 12.2. The topological polar surface area (TPSA) is 68.9 Å².